The van der Waals surface area contributed by atoms with Crippen LogP contribution in [-0.4, -0.2) is 0 Å². The normalized spacial score (nSPS) is 45.0. The average Bonchev–Trinajstić information content (AvgIpc) is 2.78. The van der Waals surface area contributed by atoms with E-state index in [-0.39, 0.29) is 0 Å². The highest BCUT2D eigenvalue weighted by atomic mass is 14.3. The van der Waals surface area contributed by atoms with Crippen LogP contribution in [0.5, 0.6) is 0 Å². The van der Waals surface area contributed by atoms with Gasteiger partial charge in [0.15, 0.2) is 0 Å². The second-order valence-electron chi connectivity index (χ2n) is 15.5. The average molecular weight is 505 g/mol. The van der Waals surface area contributed by atoms with Crippen molar-refractivity contribution in [1.29, 1.82) is 0 Å². The molecular formula is C36H72. The van der Waals surface area contributed by atoms with Gasteiger partial charge in [-0.05, 0) is 103 Å². The van der Waals surface area contributed by atoms with Gasteiger partial charge in [0, 0.05) is 0 Å². The van der Waals surface area contributed by atoms with Crippen molar-refractivity contribution < 1.29 is 0 Å². The van der Waals surface area contributed by atoms with Crippen molar-refractivity contribution in [2.24, 2.45) is 71.0 Å². The molecule has 4 saturated carbocycles. The summed E-state index contributed by atoms with van der Waals surface area (Å²) in [5.74, 6) is 11.8. The molecule has 0 spiro atoms. The van der Waals surface area contributed by atoms with E-state index in [1.807, 2.05) is 0 Å². The lowest BCUT2D eigenvalue weighted by Gasteiger charge is -2.31. The van der Waals surface area contributed by atoms with Gasteiger partial charge in [0.05, 0.1) is 0 Å². The molecule has 0 saturated heterocycles. The third-order valence-corrected chi connectivity index (χ3v) is 11.2. The van der Waals surface area contributed by atoms with Crippen molar-refractivity contribution in [2.45, 2.75) is 160 Å². The van der Waals surface area contributed by atoms with Gasteiger partial charge >= 0.3 is 0 Å². The second-order valence-corrected chi connectivity index (χ2v) is 15.5. The second kappa shape index (κ2) is 17.6. The summed E-state index contributed by atoms with van der Waals surface area (Å²) in [7, 11) is 0. The fraction of sp³-hybridized carbons (Fsp3) is 1.00. The van der Waals surface area contributed by atoms with Crippen LogP contribution in [0, 0.1) is 71.0 Å². The van der Waals surface area contributed by atoms with Crippen molar-refractivity contribution in [3.8, 4) is 0 Å². The van der Waals surface area contributed by atoms with E-state index in [2.05, 4.69) is 83.1 Å². The monoisotopic (exact) mass is 505 g/mol. The Hall–Kier alpha value is 0. The minimum atomic E-state index is 0.971. The zero-order valence-electron chi connectivity index (χ0n) is 27.4. The van der Waals surface area contributed by atoms with Crippen LogP contribution < -0.4 is 0 Å². The first-order chi connectivity index (χ1) is 16.8. The zero-order valence-corrected chi connectivity index (χ0v) is 27.4. The van der Waals surface area contributed by atoms with Gasteiger partial charge in [-0.2, -0.15) is 0 Å². The highest BCUT2D eigenvalue weighted by Gasteiger charge is 2.23. The Kier molecular flexibility index (Phi) is 16.6. The third-order valence-electron chi connectivity index (χ3n) is 11.2. The SMILES string of the molecule is CC1CC(C)CC(C)C1.CC1CCC(C)C(C)C1.CC1CCC(C)C(C)C1.CC1CCCC(C)C1C. The van der Waals surface area contributed by atoms with Crippen molar-refractivity contribution in [3.05, 3.63) is 0 Å². The van der Waals surface area contributed by atoms with Crippen LogP contribution in [0.1, 0.15) is 160 Å². The fourth-order valence-corrected chi connectivity index (χ4v) is 7.83. The molecule has 0 nitrogen and oxygen atoms in total. The predicted octanol–water partition coefficient (Wildman–Crippen LogP) is 12.3. The van der Waals surface area contributed by atoms with Gasteiger partial charge in [-0.1, -0.05) is 128 Å². The fourth-order valence-electron chi connectivity index (χ4n) is 7.83. The molecule has 0 amide bonds. The maximum Gasteiger partial charge on any atom is -0.0391 e. The van der Waals surface area contributed by atoms with Crippen molar-refractivity contribution in [2.75, 3.05) is 0 Å². The van der Waals surface area contributed by atoms with Crippen LogP contribution in [0.4, 0.5) is 0 Å². The van der Waals surface area contributed by atoms with Gasteiger partial charge in [0.1, 0.15) is 0 Å². The van der Waals surface area contributed by atoms with E-state index in [9.17, 15) is 0 Å². The largest absolute Gasteiger partial charge is 0.0625 e. The molecule has 8 unspecified atom stereocenters. The third kappa shape index (κ3) is 13.7. The van der Waals surface area contributed by atoms with Crippen molar-refractivity contribution in [1.82, 2.24) is 0 Å². The van der Waals surface area contributed by atoms with Crippen LogP contribution in [0.3, 0.4) is 0 Å². The minimum absolute atomic E-state index is 0.971. The summed E-state index contributed by atoms with van der Waals surface area (Å²) in [5, 5.41) is 0. The Labute approximate surface area is 231 Å². The molecule has 0 aromatic rings. The Balaban J connectivity index is 0.000000240. The lowest BCUT2D eigenvalue weighted by Crippen LogP contribution is -2.21. The van der Waals surface area contributed by atoms with Crippen LogP contribution >= 0.6 is 0 Å². The smallest absolute Gasteiger partial charge is 0.0391 e. The summed E-state index contributed by atoms with van der Waals surface area (Å²) in [6.45, 7) is 28.6. The summed E-state index contributed by atoms with van der Waals surface area (Å²) >= 11 is 0. The highest BCUT2D eigenvalue weighted by molar-refractivity contribution is 4.74. The molecule has 0 aromatic carbocycles. The summed E-state index contributed by atoms with van der Waals surface area (Å²) in [6.07, 6.45) is 17.5. The Morgan fingerprint density at radius 3 is 0.861 bits per heavy atom. The summed E-state index contributed by atoms with van der Waals surface area (Å²) < 4.78 is 0. The Morgan fingerprint density at radius 1 is 0.278 bits per heavy atom. The van der Waals surface area contributed by atoms with E-state index in [0.717, 1.165) is 71.0 Å². The molecule has 0 radical (unpaired) electrons. The molecule has 0 N–H and O–H groups in total. The molecule has 8 atom stereocenters. The van der Waals surface area contributed by atoms with Gasteiger partial charge in [0.25, 0.3) is 0 Å². The number of rotatable bonds is 0. The standard InChI is InChI=1S/4C9H18/c1-7-4-8(2)6-9(3)5-7;2*1-7-4-5-8(2)9(3)6-7;1-7-5-4-6-8(2)9(7)3/h4*7-9H,4-6H2,1-3H3. The van der Waals surface area contributed by atoms with Crippen LogP contribution in [0.2, 0.25) is 0 Å². The molecule has 216 valence electrons. The first-order valence-corrected chi connectivity index (χ1v) is 16.8. The Bertz CT molecular complexity index is 477. The molecule has 0 aliphatic heterocycles. The molecule has 0 heteroatoms. The molecule has 4 rings (SSSR count). The summed E-state index contributed by atoms with van der Waals surface area (Å²) in [6, 6.07) is 0. The number of hydrogen-bond acceptors (Lipinski definition) is 0. The molecule has 0 heterocycles. The van der Waals surface area contributed by atoms with Gasteiger partial charge < -0.3 is 0 Å². The van der Waals surface area contributed by atoms with Crippen molar-refractivity contribution in [3.63, 3.8) is 0 Å². The van der Waals surface area contributed by atoms with Crippen LogP contribution in [-0.2, 0) is 0 Å². The molecule has 36 heavy (non-hydrogen) atoms. The summed E-state index contributed by atoms with van der Waals surface area (Å²) in [4.78, 5) is 0. The van der Waals surface area contributed by atoms with Crippen LogP contribution in [0.25, 0.3) is 0 Å². The minimum Gasteiger partial charge on any atom is -0.0625 e. The molecule has 4 aliphatic carbocycles. The molecule has 4 fully saturated rings. The predicted molar refractivity (Wildman–Crippen MR) is 165 cm³/mol. The van der Waals surface area contributed by atoms with Gasteiger partial charge in [-0.15, -0.1) is 0 Å². The van der Waals surface area contributed by atoms with E-state index in [1.54, 1.807) is 0 Å². The first-order valence-electron chi connectivity index (χ1n) is 16.8. The number of hydrogen-bond donors (Lipinski definition) is 0. The molecule has 0 bridgehead atoms. The van der Waals surface area contributed by atoms with E-state index in [4.69, 9.17) is 0 Å². The topological polar surface area (TPSA) is 0 Å². The van der Waals surface area contributed by atoms with Gasteiger partial charge in [-0.25, -0.2) is 0 Å². The zero-order chi connectivity index (χ0) is 27.4. The van der Waals surface area contributed by atoms with Gasteiger partial charge in [0.2, 0.25) is 0 Å². The maximum absolute atomic E-state index is 2.40. The van der Waals surface area contributed by atoms with E-state index in [0.29, 0.717) is 0 Å². The quantitative estimate of drug-likeness (QED) is 0.307. The van der Waals surface area contributed by atoms with Crippen LogP contribution in [0.15, 0.2) is 0 Å². The first kappa shape index (κ1) is 34.0. The lowest BCUT2D eigenvalue weighted by atomic mass is 9.75. The van der Waals surface area contributed by atoms with E-state index in [1.165, 1.54) is 77.0 Å². The maximum atomic E-state index is 2.40. The summed E-state index contributed by atoms with van der Waals surface area (Å²) in [5.41, 5.74) is 0. The van der Waals surface area contributed by atoms with E-state index >= 15 is 0 Å². The van der Waals surface area contributed by atoms with E-state index < -0.39 is 0 Å². The molecule has 0 aromatic heterocycles. The molecular weight excluding hydrogens is 432 g/mol. The van der Waals surface area contributed by atoms with Gasteiger partial charge in [-0.3, -0.25) is 0 Å². The lowest BCUT2D eigenvalue weighted by molar-refractivity contribution is 0.197. The molecule has 4 aliphatic rings. The van der Waals surface area contributed by atoms with Crippen molar-refractivity contribution >= 4 is 0 Å². The Morgan fingerprint density at radius 2 is 0.611 bits per heavy atom. The highest BCUT2D eigenvalue weighted by Crippen LogP contribution is 2.35.